The average Bonchev–Trinajstić information content (AvgIpc) is 2.62. The number of nitrogens with one attached hydrogen (secondary N) is 1. The van der Waals surface area contributed by atoms with Gasteiger partial charge in [-0.25, -0.2) is 5.43 Å². The maximum atomic E-state index is 11.7. The predicted octanol–water partition coefficient (Wildman–Crippen LogP) is 1.32. The summed E-state index contributed by atoms with van der Waals surface area (Å²) in [5.41, 5.74) is 4.10. The Morgan fingerprint density at radius 3 is 2.81 bits per heavy atom. The van der Waals surface area contributed by atoms with E-state index in [-0.39, 0.29) is 12.0 Å². The summed E-state index contributed by atoms with van der Waals surface area (Å²) < 4.78 is 1.01. The molecule has 2 aliphatic rings. The van der Waals surface area contributed by atoms with Crippen LogP contribution in [0.2, 0.25) is 0 Å². The number of hydrogen-bond acceptors (Lipinski definition) is 5. The van der Waals surface area contributed by atoms with E-state index in [0.717, 1.165) is 28.4 Å². The molecule has 2 aliphatic heterocycles. The maximum Gasteiger partial charge on any atom is 0.274 e. The molecule has 0 aromatic rings. The molecule has 1 fully saturated rings. The van der Waals surface area contributed by atoms with Crippen LogP contribution in [0.1, 0.15) is 19.8 Å². The lowest BCUT2D eigenvalue weighted by Crippen LogP contribution is -2.20. The number of aliphatic hydroxyl groups excluding tert-OH is 1. The number of thioether (sulfide) groups is 2. The highest BCUT2D eigenvalue weighted by Crippen LogP contribution is 2.38. The SMILES string of the molecule is CCCC1=NNC(=O)C1=C1SCC(O)CS1. The van der Waals surface area contributed by atoms with Crippen molar-refractivity contribution in [2.75, 3.05) is 11.5 Å². The van der Waals surface area contributed by atoms with Gasteiger partial charge in [0.1, 0.15) is 0 Å². The first kappa shape index (κ1) is 12.0. The van der Waals surface area contributed by atoms with Crippen LogP contribution in [0, 0.1) is 0 Å². The van der Waals surface area contributed by atoms with Crippen molar-refractivity contribution >= 4 is 35.1 Å². The smallest absolute Gasteiger partial charge is 0.274 e. The molecule has 1 amide bonds. The van der Waals surface area contributed by atoms with Crippen LogP contribution < -0.4 is 5.43 Å². The topological polar surface area (TPSA) is 61.7 Å². The van der Waals surface area contributed by atoms with E-state index in [1.807, 2.05) is 0 Å². The average molecular weight is 258 g/mol. The Balaban J connectivity index is 2.19. The van der Waals surface area contributed by atoms with Crippen LogP contribution in [-0.2, 0) is 4.79 Å². The van der Waals surface area contributed by atoms with Gasteiger partial charge in [-0.1, -0.05) is 13.3 Å². The van der Waals surface area contributed by atoms with E-state index in [9.17, 15) is 9.90 Å². The summed E-state index contributed by atoms with van der Waals surface area (Å²) in [5.74, 6) is 1.23. The van der Waals surface area contributed by atoms with Crippen LogP contribution in [0.3, 0.4) is 0 Å². The van der Waals surface area contributed by atoms with Gasteiger partial charge in [-0.2, -0.15) is 5.10 Å². The lowest BCUT2D eigenvalue weighted by atomic mass is 10.1. The molecule has 0 aliphatic carbocycles. The summed E-state index contributed by atoms with van der Waals surface area (Å²) in [7, 11) is 0. The Morgan fingerprint density at radius 2 is 2.19 bits per heavy atom. The van der Waals surface area contributed by atoms with E-state index < -0.39 is 0 Å². The number of amides is 1. The summed E-state index contributed by atoms with van der Waals surface area (Å²) in [6, 6.07) is 0. The van der Waals surface area contributed by atoms with Gasteiger partial charge in [-0.15, -0.1) is 23.5 Å². The van der Waals surface area contributed by atoms with E-state index in [1.165, 1.54) is 0 Å². The van der Waals surface area contributed by atoms with Crippen molar-refractivity contribution in [2.45, 2.75) is 25.9 Å². The Hall–Kier alpha value is -0.460. The normalized spacial score (nSPS) is 25.8. The third kappa shape index (κ3) is 2.44. The fourth-order valence-electron chi connectivity index (χ4n) is 1.57. The minimum Gasteiger partial charge on any atom is -0.391 e. The van der Waals surface area contributed by atoms with E-state index in [4.69, 9.17) is 0 Å². The second kappa shape index (κ2) is 5.25. The number of nitrogens with zero attached hydrogens (tertiary/aromatic N) is 1. The highest BCUT2D eigenvalue weighted by molar-refractivity contribution is 8.23. The largest absolute Gasteiger partial charge is 0.391 e. The lowest BCUT2D eigenvalue weighted by molar-refractivity contribution is -0.116. The number of rotatable bonds is 2. The standard InChI is InChI=1S/C10H14N2O2S2/c1-2-3-7-8(9(14)12-11-7)10-15-4-6(13)5-16-10/h6,13H,2-5H2,1H3,(H,12,14). The molecule has 88 valence electrons. The van der Waals surface area contributed by atoms with Gasteiger partial charge in [0.05, 0.1) is 21.6 Å². The zero-order chi connectivity index (χ0) is 11.5. The summed E-state index contributed by atoms with van der Waals surface area (Å²) in [4.78, 5) is 11.7. The van der Waals surface area contributed by atoms with Gasteiger partial charge in [0, 0.05) is 11.5 Å². The van der Waals surface area contributed by atoms with Crippen LogP contribution in [-0.4, -0.2) is 34.3 Å². The molecule has 2 heterocycles. The van der Waals surface area contributed by atoms with Crippen molar-refractivity contribution in [3.05, 3.63) is 9.81 Å². The molecule has 0 spiro atoms. The first-order valence-electron chi connectivity index (χ1n) is 5.27. The second-order valence-electron chi connectivity index (χ2n) is 3.69. The van der Waals surface area contributed by atoms with Gasteiger partial charge in [0.25, 0.3) is 5.91 Å². The van der Waals surface area contributed by atoms with Gasteiger partial charge < -0.3 is 5.11 Å². The Kier molecular flexibility index (Phi) is 3.94. The molecular weight excluding hydrogens is 244 g/mol. The highest BCUT2D eigenvalue weighted by atomic mass is 32.2. The molecule has 0 aromatic carbocycles. The van der Waals surface area contributed by atoms with Gasteiger partial charge >= 0.3 is 0 Å². The fraction of sp³-hybridized carbons (Fsp3) is 0.600. The van der Waals surface area contributed by atoms with E-state index in [1.54, 1.807) is 23.5 Å². The summed E-state index contributed by atoms with van der Waals surface area (Å²) in [6.45, 7) is 2.07. The third-order valence-corrected chi connectivity index (χ3v) is 5.06. The molecule has 16 heavy (non-hydrogen) atoms. The van der Waals surface area contributed by atoms with E-state index in [0.29, 0.717) is 11.5 Å². The van der Waals surface area contributed by atoms with Crippen LogP contribution in [0.4, 0.5) is 0 Å². The first-order chi connectivity index (χ1) is 7.72. The van der Waals surface area contributed by atoms with Crippen molar-refractivity contribution in [3.8, 4) is 0 Å². The Bertz CT molecular complexity index is 356. The molecule has 2 N–H and O–H groups in total. The predicted molar refractivity (Wildman–Crippen MR) is 68.4 cm³/mol. The fourth-order valence-corrected chi connectivity index (χ4v) is 4.09. The van der Waals surface area contributed by atoms with Crippen LogP contribution in [0.25, 0.3) is 0 Å². The van der Waals surface area contributed by atoms with Gasteiger partial charge in [-0.3, -0.25) is 4.79 Å². The molecule has 0 unspecified atom stereocenters. The highest BCUT2D eigenvalue weighted by Gasteiger charge is 2.28. The van der Waals surface area contributed by atoms with Crippen molar-refractivity contribution in [3.63, 3.8) is 0 Å². The zero-order valence-corrected chi connectivity index (χ0v) is 10.7. The molecule has 4 nitrogen and oxygen atoms in total. The van der Waals surface area contributed by atoms with Gasteiger partial charge in [0.2, 0.25) is 0 Å². The number of carbonyl (C=O) groups excluding carboxylic acids is 1. The molecule has 6 heteroatoms. The Labute approximate surface area is 103 Å². The van der Waals surface area contributed by atoms with Crippen molar-refractivity contribution in [2.24, 2.45) is 5.10 Å². The number of aliphatic hydroxyl groups is 1. The Morgan fingerprint density at radius 1 is 1.50 bits per heavy atom. The van der Waals surface area contributed by atoms with Gasteiger partial charge in [-0.05, 0) is 6.42 Å². The number of carbonyl (C=O) groups is 1. The number of hydrogen-bond donors (Lipinski definition) is 2. The molecule has 0 aromatic heterocycles. The molecule has 0 saturated carbocycles. The third-order valence-electron chi connectivity index (χ3n) is 2.31. The van der Waals surface area contributed by atoms with E-state index in [2.05, 4.69) is 17.5 Å². The van der Waals surface area contributed by atoms with Crippen molar-refractivity contribution < 1.29 is 9.90 Å². The molecule has 1 saturated heterocycles. The van der Waals surface area contributed by atoms with Crippen LogP contribution in [0.5, 0.6) is 0 Å². The van der Waals surface area contributed by atoms with Crippen LogP contribution >= 0.6 is 23.5 Å². The summed E-state index contributed by atoms with van der Waals surface area (Å²) in [5, 5.41) is 13.5. The second-order valence-corrected chi connectivity index (χ2v) is 6.01. The lowest BCUT2D eigenvalue weighted by Gasteiger charge is -2.19. The quantitative estimate of drug-likeness (QED) is 0.733. The van der Waals surface area contributed by atoms with Crippen LogP contribution in [0.15, 0.2) is 14.9 Å². The summed E-state index contributed by atoms with van der Waals surface area (Å²) in [6.07, 6.45) is 1.53. The molecule has 0 bridgehead atoms. The maximum absolute atomic E-state index is 11.7. The number of hydrazone groups is 1. The zero-order valence-electron chi connectivity index (χ0n) is 9.02. The minimum absolute atomic E-state index is 0.102. The van der Waals surface area contributed by atoms with Gasteiger partial charge in [0.15, 0.2) is 0 Å². The summed E-state index contributed by atoms with van der Waals surface area (Å²) >= 11 is 3.11. The minimum atomic E-state index is -0.268. The molecule has 0 atom stereocenters. The van der Waals surface area contributed by atoms with Crippen molar-refractivity contribution in [1.29, 1.82) is 0 Å². The molecule has 0 radical (unpaired) electrons. The monoisotopic (exact) mass is 258 g/mol. The van der Waals surface area contributed by atoms with E-state index >= 15 is 0 Å². The molecular formula is C10H14N2O2S2. The van der Waals surface area contributed by atoms with Crippen molar-refractivity contribution in [1.82, 2.24) is 5.43 Å². The first-order valence-corrected chi connectivity index (χ1v) is 7.24. The molecule has 2 rings (SSSR count).